The van der Waals surface area contributed by atoms with Gasteiger partial charge in [0.15, 0.2) is 0 Å². The molecule has 0 aliphatic carbocycles. The molecule has 0 saturated carbocycles. The average Bonchev–Trinajstić information content (AvgIpc) is 2.95. The molecule has 2 aliphatic rings. The smallest absolute Gasteiger partial charge is 0.238 e. The Morgan fingerprint density at radius 1 is 1.25 bits per heavy atom. The van der Waals surface area contributed by atoms with Gasteiger partial charge >= 0.3 is 0 Å². The number of rotatable bonds is 3. The van der Waals surface area contributed by atoms with Crippen LogP contribution in [-0.4, -0.2) is 38.5 Å². The maximum atomic E-state index is 11.4. The Balaban J connectivity index is 1.83. The van der Waals surface area contributed by atoms with E-state index in [0.29, 0.717) is 23.5 Å². The molecule has 0 spiro atoms. The number of hydrogen-bond donors (Lipinski definition) is 3. The standard InChI is InChI=1S/C13H20N4O2S/c14-10-4-3-9(20(15,18)19)8-12(10)16-11-5-7-17-6-1-2-13(11)17/h3-4,8,11,13,16H,1-2,5-7,14H2,(H2,15,18,19). The van der Waals surface area contributed by atoms with E-state index in [2.05, 4.69) is 10.2 Å². The number of nitrogens with two attached hydrogens (primary N) is 2. The zero-order valence-electron chi connectivity index (χ0n) is 11.2. The Kier molecular flexibility index (Phi) is 3.35. The van der Waals surface area contributed by atoms with Gasteiger partial charge in [-0.3, -0.25) is 4.90 Å². The molecular weight excluding hydrogens is 276 g/mol. The van der Waals surface area contributed by atoms with Crippen molar-refractivity contribution in [1.82, 2.24) is 4.90 Å². The lowest BCUT2D eigenvalue weighted by molar-refractivity contribution is 0.318. The SMILES string of the molecule is Nc1ccc(S(N)(=O)=O)cc1NC1CCN2CCCC12. The van der Waals surface area contributed by atoms with Crippen molar-refractivity contribution in [2.24, 2.45) is 5.14 Å². The van der Waals surface area contributed by atoms with Crippen molar-refractivity contribution in [3.8, 4) is 0 Å². The van der Waals surface area contributed by atoms with Crippen LogP contribution in [0.4, 0.5) is 11.4 Å². The summed E-state index contributed by atoms with van der Waals surface area (Å²) in [5.41, 5.74) is 7.15. The summed E-state index contributed by atoms with van der Waals surface area (Å²) in [6.07, 6.45) is 3.48. The van der Waals surface area contributed by atoms with Gasteiger partial charge in [0, 0.05) is 18.6 Å². The van der Waals surface area contributed by atoms with Crippen LogP contribution in [0.3, 0.4) is 0 Å². The second kappa shape index (κ2) is 4.91. The van der Waals surface area contributed by atoms with E-state index < -0.39 is 10.0 Å². The average molecular weight is 296 g/mol. The van der Waals surface area contributed by atoms with Gasteiger partial charge < -0.3 is 11.1 Å². The van der Waals surface area contributed by atoms with Gasteiger partial charge in [-0.25, -0.2) is 13.6 Å². The maximum Gasteiger partial charge on any atom is 0.238 e. The Labute approximate surface area is 119 Å². The lowest BCUT2D eigenvalue weighted by atomic mass is 10.1. The van der Waals surface area contributed by atoms with Crippen molar-refractivity contribution in [2.45, 2.75) is 36.2 Å². The van der Waals surface area contributed by atoms with Gasteiger partial charge in [-0.2, -0.15) is 0 Å². The van der Waals surface area contributed by atoms with Crippen LogP contribution >= 0.6 is 0 Å². The zero-order chi connectivity index (χ0) is 14.3. The quantitative estimate of drug-likeness (QED) is 0.708. The molecule has 2 saturated heterocycles. The van der Waals surface area contributed by atoms with Crippen molar-refractivity contribution in [2.75, 3.05) is 24.1 Å². The van der Waals surface area contributed by atoms with E-state index in [0.717, 1.165) is 19.5 Å². The molecule has 5 N–H and O–H groups in total. The molecule has 2 fully saturated rings. The van der Waals surface area contributed by atoms with E-state index in [1.54, 1.807) is 6.07 Å². The summed E-state index contributed by atoms with van der Waals surface area (Å²) in [4.78, 5) is 2.58. The molecule has 20 heavy (non-hydrogen) atoms. The van der Waals surface area contributed by atoms with Crippen molar-refractivity contribution in [3.63, 3.8) is 0 Å². The summed E-state index contributed by atoms with van der Waals surface area (Å²) >= 11 is 0. The van der Waals surface area contributed by atoms with Gasteiger partial charge in [-0.05, 0) is 44.0 Å². The number of anilines is 2. The van der Waals surface area contributed by atoms with Crippen LogP contribution in [-0.2, 0) is 10.0 Å². The van der Waals surface area contributed by atoms with E-state index in [1.807, 2.05) is 0 Å². The van der Waals surface area contributed by atoms with Crippen molar-refractivity contribution in [3.05, 3.63) is 18.2 Å². The first kappa shape index (κ1) is 13.7. The van der Waals surface area contributed by atoms with Crippen LogP contribution in [0.15, 0.2) is 23.1 Å². The van der Waals surface area contributed by atoms with Gasteiger partial charge in [0.2, 0.25) is 10.0 Å². The minimum Gasteiger partial charge on any atom is -0.397 e. The van der Waals surface area contributed by atoms with Crippen LogP contribution in [0.25, 0.3) is 0 Å². The highest BCUT2D eigenvalue weighted by molar-refractivity contribution is 7.89. The second-order valence-corrected chi connectivity index (χ2v) is 7.14. The summed E-state index contributed by atoms with van der Waals surface area (Å²) < 4.78 is 22.8. The molecule has 2 atom stereocenters. The molecule has 7 heteroatoms. The molecule has 0 radical (unpaired) electrons. The topological polar surface area (TPSA) is 101 Å². The number of nitrogens with zero attached hydrogens (tertiary/aromatic N) is 1. The third-order valence-electron chi connectivity index (χ3n) is 4.30. The Morgan fingerprint density at radius 2 is 2.05 bits per heavy atom. The number of nitrogens with one attached hydrogen (secondary N) is 1. The normalized spacial score (nSPS) is 26.6. The van der Waals surface area contributed by atoms with Crippen LogP contribution in [0.5, 0.6) is 0 Å². The molecule has 1 aromatic rings. The van der Waals surface area contributed by atoms with Crippen molar-refractivity contribution < 1.29 is 8.42 Å². The molecule has 110 valence electrons. The first-order valence-electron chi connectivity index (χ1n) is 6.88. The van der Waals surface area contributed by atoms with Crippen LogP contribution in [0, 0.1) is 0 Å². The predicted octanol–water partition coefficient (Wildman–Crippen LogP) is 0.565. The van der Waals surface area contributed by atoms with Crippen LogP contribution in [0.1, 0.15) is 19.3 Å². The van der Waals surface area contributed by atoms with Gasteiger partial charge in [0.05, 0.1) is 16.3 Å². The lowest BCUT2D eigenvalue weighted by Gasteiger charge is -2.23. The predicted molar refractivity (Wildman–Crippen MR) is 78.9 cm³/mol. The van der Waals surface area contributed by atoms with Gasteiger partial charge in [-0.1, -0.05) is 0 Å². The third kappa shape index (κ3) is 2.48. The minimum atomic E-state index is -3.70. The molecule has 6 nitrogen and oxygen atoms in total. The molecular formula is C13H20N4O2S. The van der Waals surface area contributed by atoms with Crippen LogP contribution < -0.4 is 16.2 Å². The van der Waals surface area contributed by atoms with E-state index in [-0.39, 0.29) is 4.90 Å². The Hall–Kier alpha value is -1.31. The number of sulfonamides is 1. The van der Waals surface area contributed by atoms with Crippen LogP contribution in [0.2, 0.25) is 0 Å². The fourth-order valence-electron chi connectivity index (χ4n) is 3.29. The van der Waals surface area contributed by atoms with Crippen molar-refractivity contribution >= 4 is 21.4 Å². The van der Waals surface area contributed by atoms with Gasteiger partial charge in [-0.15, -0.1) is 0 Å². The summed E-state index contributed by atoms with van der Waals surface area (Å²) in [6.45, 7) is 2.26. The summed E-state index contributed by atoms with van der Waals surface area (Å²) in [6, 6.07) is 5.42. The highest BCUT2D eigenvalue weighted by Crippen LogP contribution is 2.32. The first-order valence-corrected chi connectivity index (χ1v) is 8.43. The Morgan fingerprint density at radius 3 is 2.80 bits per heavy atom. The van der Waals surface area contributed by atoms with E-state index in [1.165, 1.54) is 25.0 Å². The highest BCUT2D eigenvalue weighted by Gasteiger charge is 2.37. The number of primary sulfonamides is 1. The monoisotopic (exact) mass is 296 g/mol. The molecule has 0 bridgehead atoms. The fourth-order valence-corrected chi connectivity index (χ4v) is 3.83. The summed E-state index contributed by atoms with van der Waals surface area (Å²) in [5, 5.41) is 8.57. The molecule has 0 amide bonds. The first-order chi connectivity index (χ1) is 9.45. The second-order valence-electron chi connectivity index (χ2n) is 5.58. The zero-order valence-corrected chi connectivity index (χ0v) is 12.1. The number of hydrogen-bond acceptors (Lipinski definition) is 5. The third-order valence-corrected chi connectivity index (χ3v) is 5.21. The molecule has 1 aromatic carbocycles. The number of fused-ring (bicyclic) bond motifs is 1. The lowest BCUT2D eigenvalue weighted by Crippen LogP contribution is -2.34. The molecule has 2 unspecified atom stereocenters. The molecule has 2 aliphatic heterocycles. The highest BCUT2D eigenvalue weighted by atomic mass is 32.2. The molecule has 3 rings (SSSR count). The largest absolute Gasteiger partial charge is 0.397 e. The summed E-state index contributed by atoms with van der Waals surface area (Å²) in [7, 11) is -3.70. The van der Waals surface area contributed by atoms with E-state index in [9.17, 15) is 8.42 Å². The maximum absolute atomic E-state index is 11.4. The fraction of sp³-hybridized carbons (Fsp3) is 0.538. The van der Waals surface area contributed by atoms with Crippen molar-refractivity contribution in [1.29, 1.82) is 0 Å². The van der Waals surface area contributed by atoms with E-state index >= 15 is 0 Å². The van der Waals surface area contributed by atoms with E-state index in [4.69, 9.17) is 10.9 Å². The Bertz CT molecular complexity index is 617. The number of nitrogen functional groups attached to an aromatic ring is 1. The number of benzene rings is 1. The van der Waals surface area contributed by atoms with Gasteiger partial charge in [0.25, 0.3) is 0 Å². The molecule has 0 aromatic heterocycles. The van der Waals surface area contributed by atoms with Gasteiger partial charge in [0.1, 0.15) is 0 Å². The molecule has 2 heterocycles. The minimum absolute atomic E-state index is 0.0930. The summed E-state index contributed by atoms with van der Waals surface area (Å²) in [5.74, 6) is 0.